The van der Waals surface area contributed by atoms with Crippen LogP contribution in [0.2, 0.25) is 0 Å². The smallest absolute Gasteiger partial charge is 0.329 e. The summed E-state index contributed by atoms with van der Waals surface area (Å²) in [5, 5.41) is 7.06. The van der Waals surface area contributed by atoms with E-state index in [0.29, 0.717) is 18.4 Å². The monoisotopic (exact) mass is 535 g/mol. The molecule has 7 amide bonds. The summed E-state index contributed by atoms with van der Waals surface area (Å²) in [4.78, 5) is 64.6. The zero-order valence-electron chi connectivity index (χ0n) is 20.3. The van der Waals surface area contributed by atoms with Gasteiger partial charge in [-0.05, 0) is 42.7 Å². The molecule has 11 nitrogen and oxygen atoms in total. The second-order valence-corrected chi connectivity index (χ2v) is 9.66. The van der Waals surface area contributed by atoms with Gasteiger partial charge in [-0.15, -0.1) is 0 Å². The molecule has 0 bridgehead atoms. The van der Waals surface area contributed by atoms with Gasteiger partial charge in [0, 0.05) is 12.1 Å². The number of nitrogens with one attached hydrogen (secondary N) is 3. The van der Waals surface area contributed by atoms with E-state index >= 15 is 0 Å². The Morgan fingerprint density at radius 1 is 1.05 bits per heavy atom. The van der Waals surface area contributed by atoms with Gasteiger partial charge in [0.05, 0.1) is 24.9 Å². The Balaban J connectivity index is 1.28. The van der Waals surface area contributed by atoms with Crippen LogP contribution in [0.1, 0.15) is 34.3 Å². The van der Waals surface area contributed by atoms with Crippen LogP contribution in [0.15, 0.2) is 30.3 Å². The molecule has 1 spiro atoms. The highest BCUT2D eigenvalue weighted by Crippen LogP contribution is 2.42. The molecule has 2 aromatic rings. The Bertz CT molecular complexity index is 1590. The molecule has 198 valence electrons. The molecular formula is C26H19F2N5O6. The number of hydrogen-bond acceptors (Lipinski definition) is 6. The van der Waals surface area contributed by atoms with Gasteiger partial charge in [0.15, 0.2) is 11.6 Å². The molecular weight excluding hydrogens is 516 g/mol. The molecule has 6 rings (SSSR count). The van der Waals surface area contributed by atoms with Crippen molar-refractivity contribution in [3.8, 4) is 17.6 Å². The maximum absolute atomic E-state index is 15.0. The summed E-state index contributed by atoms with van der Waals surface area (Å²) >= 11 is 0. The Kier molecular flexibility index (Phi) is 5.15. The molecule has 0 unspecified atom stereocenters. The molecule has 1 saturated carbocycles. The molecule has 0 aromatic heterocycles. The maximum Gasteiger partial charge on any atom is 0.329 e. The summed E-state index contributed by atoms with van der Waals surface area (Å²) in [5.41, 5.74) is -2.86. The van der Waals surface area contributed by atoms with E-state index in [-0.39, 0.29) is 29.1 Å². The quantitative estimate of drug-likeness (QED) is 0.397. The van der Waals surface area contributed by atoms with Gasteiger partial charge in [0.1, 0.15) is 11.4 Å². The van der Waals surface area contributed by atoms with Crippen LogP contribution in [0.3, 0.4) is 0 Å². The van der Waals surface area contributed by atoms with Crippen LogP contribution < -0.4 is 25.6 Å². The number of rotatable bonds is 4. The first-order valence-corrected chi connectivity index (χ1v) is 11.9. The van der Waals surface area contributed by atoms with E-state index in [1.807, 2.05) is 0 Å². The van der Waals surface area contributed by atoms with Gasteiger partial charge < -0.3 is 20.3 Å². The van der Waals surface area contributed by atoms with E-state index in [4.69, 9.17) is 4.74 Å². The summed E-state index contributed by atoms with van der Waals surface area (Å²) in [7, 11) is 1.27. The van der Waals surface area contributed by atoms with Crippen molar-refractivity contribution >= 4 is 35.5 Å². The number of carbonyl (C=O) groups is 5. The fourth-order valence-corrected chi connectivity index (χ4v) is 4.95. The minimum absolute atomic E-state index is 0.0432. The Hall–Kier alpha value is -4.99. The molecule has 1 aliphatic carbocycles. The van der Waals surface area contributed by atoms with Crippen LogP contribution in [0.5, 0.6) is 5.75 Å². The molecule has 2 saturated heterocycles. The third kappa shape index (κ3) is 3.67. The summed E-state index contributed by atoms with van der Waals surface area (Å²) in [6.07, 6.45) is 0.972. The normalized spacial score (nSPS) is 22.4. The topological polar surface area (TPSA) is 137 Å². The summed E-state index contributed by atoms with van der Waals surface area (Å²) in [5.74, 6) is 1.32. The maximum atomic E-state index is 15.0. The SMILES string of the molecule is COc1ccc2c(c1F)C(=O)N(C[C@@]1(C#Cc3ccc(N4C(=O)NC5(CC5)C4=O)c(F)c3)NC(=O)NC1=O)C2. The summed E-state index contributed by atoms with van der Waals surface area (Å²) < 4.78 is 34.7. The lowest BCUT2D eigenvalue weighted by Crippen LogP contribution is -2.54. The van der Waals surface area contributed by atoms with Gasteiger partial charge in [-0.25, -0.2) is 23.3 Å². The van der Waals surface area contributed by atoms with Crippen molar-refractivity contribution in [1.82, 2.24) is 20.9 Å². The molecule has 3 heterocycles. The van der Waals surface area contributed by atoms with Crippen molar-refractivity contribution in [2.75, 3.05) is 18.6 Å². The third-order valence-electron chi connectivity index (χ3n) is 7.17. The van der Waals surface area contributed by atoms with Crippen molar-refractivity contribution in [3.05, 3.63) is 58.7 Å². The van der Waals surface area contributed by atoms with Gasteiger partial charge in [-0.2, -0.15) is 0 Å². The van der Waals surface area contributed by atoms with Crippen LogP contribution in [-0.2, 0) is 16.1 Å². The Morgan fingerprint density at radius 2 is 1.82 bits per heavy atom. The van der Waals surface area contributed by atoms with Crippen molar-refractivity contribution in [1.29, 1.82) is 0 Å². The predicted molar refractivity (Wildman–Crippen MR) is 128 cm³/mol. The minimum Gasteiger partial charge on any atom is -0.494 e. The zero-order valence-corrected chi connectivity index (χ0v) is 20.3. The number of imide groups is 2. The van der Waals surface area contributed by atoms with Crippen molar-refractivity contribution < 1.29 is 37.5 Å². The lowest BCUT2D eigenvalue weighted by Gasteiger charge is -2.26. The number of benzene rings is 2. The Morgan fingerprint density at radius 3 is 2.44 bits per heavy atom. The highest BCUT2D eigenvalue weighted by Gasteiger charge is 2.60. The van der Waals surface area contributed by atoms with Crippen LogP contribution >= 0.6 is 0 Å². The van der Waals surface area contributed by atoms with Crippen LogP contribution in [-0.4, -0.2) is 59.4 Å². The van der Waals surface area contributed by atoms with E-state index < -0.39 is 59.0 Å². The molecule has 3 aliphatic heterocycles. The number of carbonyl (C=O) groups excluding carboxylic acids is 5. The van der Waals surface area contributed by atoms with Gasteiger partial charge in [-0.3, -0.25) is 19.7 Å². The standard InChI is InChI=1S/C26H19F2N5O6/c1-39-17-5-3-14-11-32(20(34)18(14)19(17)28)12-26(21(35)29-23(37)30-26)7-6-13-2-4-16(15(27)10-13)33-22(36)25(8-9-25)31-24(33)38/h2-5,10H,8-9,11-12H2,1H3,(H,31,38)(H2,29,30,35,37)/t26-/m1/s1. The lowest BCUT2D eigenvalue weighted by atomic mass is 9.99. The molecule has 39 heavy (non-hydrogen) atoms. The number of hydrogen-bond donors (Lipinski definition) is 3. The van der Waals surface area contributed by atoms with Crippen LogP contribution in [0.25, 0.3) is 0 Å². The number of amides is 7. The average molecular weight is 535 g/mol. The van der Waals surface area contributed by atoms with E-state index in [0.717, 1.165) is 11.0 Å². The number of methoxy groups -OCH3 is 1. The first kappa shape index (κ1) is 24.4. The lowest BCUT2D eigenvalue weighted by molar-refractivity contribution is -0.122. The second-order valence-electron chi connectivity index (χ2n) is 9.66. The largest absolute Gasteiger partial charge is 0.494 e. The van der Waals surface area contributed by atoms with Crippen molar-refractivity contribution in [2.24, 2.45) is 0 Å². The van der Waals surface area contributed by atoms with Crippen molar-refractivity contribution in [3.63, 3.8) is 0 Å². The summed E-state index contributed by atoms with van der Waals surface area (Å²) in [6, 6.07) is 4.90. The van der Waals surface area contributed by atoms with Crippen LogP contribution in [0, 0.1) is 23.5 Å². The molecule has 13 heteroatoms. The van der Waals surface area contributed by atoms with Gasteiger partial charge in [-0.1, -0.05) is 17.9 Å². The highest BCUT2D eigenvalue weighted by atomic mass is 19.1. The van der Waals surface area contributed by atoms with E-state index in [2.05, 4.69) is 27.8 Å². The van der Waals surface area contributed by atoms with Gasteiger partial charge in [0.2, 0.25) is 5.54 Å². The molecule has 3 fully saturated rings. The molecule has 3 N–H and O–H groups in total. The number of ether oxygens (including phenoxy) is 1. The molecule has 4 aliphatic rings. The predicted octanol–water partition coefficient (Wildman–Crippen LogP) is 1.15. The number of nitrogens with zero attached hydrogens (tertiary/aromatic N) is 2. The van der Waals surface area contributed by atoms with E-state index in [1.54, 1.807) is 0 Å². The molecule has 1 atom stereocenters. The first-order valence-electron chi connectivity index (χ1n) is 11.9. The minimum atomic E-state index is -1.91. The van der Waals surface area contributed by atoms with Gasteiger partial charge >= 0.3 is 12.1 Å². The van der Waals surface area contributed by atoms with E-state index in [1.165, 1.54) is 36.3 Å². The number of halogens is 2. The van der Waals surface area contributed by atoms with E-state index in [9.17, 15) is 32.8 Å². The third-order valence-corrected chi connectivity index (χ3v) is 7.17. The highest BCUT2D eigenvalue weighted by molar-refractivity contribution is 6.24. The molecule has 2 aromatic carbocycles. The number of anilines is 1. The fourth-order valence-electron chi connectivity index (χ4n) is 4.95. The average Bonchev–Trinajstić information content (AvgIpc) is 3.44. The Labute approximate surface area is 219 Å². The zero-order chi connectivity index (χ0) is 27.7. The van der Waals surface area contributed by atoms with Crippen molar-refractivity contribution in [2.45, 2.75) is 30.5 Å². The van der Waals surface area contributed by atoms with Crippen LogP contribution in [0.4, 0.5) is 24.1 Å². The fraction of sp³-hybridized carbons (Fsp3) is 0.269. The number of fused-ring (bicyclic) bond motifs is 1. The summed E-state index contributed by atoms with van der Waals surface area (Å²) in [6.45, 7) is -0.462. The number of urea groups is 2. The van der Waals surface area contributed by atoms with Gasteiger partial charge in [0.25, 0.3) is 17.7 Å². The second kappa shape index (κ2) is 8.26. The first-order chi connectivity index (χ1) is 18.6. The molecule has 0 radical (unpaired) electrons.